The van der Waals surface area contributed by atoms with Crippen LogP contribution in [-0.4, -0.2) is 142 Å². The molecule has 0 saturated heterocycles. The third-order valence-corrected chi connectivity index (χ3v) is 19.1. The van der Waals surface area contributed by atoms with Gasteiger partial charge in [-0.3, -0.25) is 46.3 Å². The summed E-state index contributed by atoms with van der Waals surface area (Å²) in [5, 5.41) is 7.99. The molecule has 0 atom stereocenters. The van der Waals surface area contributed by atoms with Crippen LogP contribution in [0.2, 0.25) is 0 Å². The second-order valence-electron chi connectivity index (χ2n) is 8.63. The number of aliphatic hydroxyl groups is 1. The molecule has 0 aliphatic heterocycles. The van der Waals surface area contributed by atoms with Gasteiger partial charge in [0.05, 0.1) is 0 Å². The third-order valence-electron chi connectivity index (χ3n) is 4.69. The van der Waals surface area contributed by atoms with E-state index in [-0.39, 0.29) is 16.4 Å². The Morgan fingerprint density at radius 1 is 0.426 bits per heavy atom. The van der Waals surface area contributed by atoms with E-state index in [9.17, 15) is 36.5 Å². The van der Waals surface area contributed by atoms with E-state index in [0.29, 0.717) is 6.54 Å². The smallest absolute Gasteiger partial charge is 0.355 e. The maximum absolute atomic E-state index is 11.2. The van der Waals surface area contributed by atoms with E-state index in [1.807, 2.05) is 0 Å². The van der Waals surface area contributed by atoms with Gasteiger partial charge in [-0.1, -0.05) is 13.8 Å². The first-order valence-corrected chi connectivity index (χ1v) is 25.0. The largest absolute Gasteiger partial charge is 0.396 e. The van der Waals surface area contributed by atoms with Gasteiger partial charge in [-0.15, -0.1) is 0 Å². The Kier molecular flexibility index (Phi) is 21.4. The Morgan fingerprint density at radius 2 is 0.574 bits per heavy atom. The standard InChI is InChI=1S/2C4H15NO12P4.C3H9NO/c2*1-2-5(3(18(6,7)8)19(9,10)11)4(20(12,13)14)21(15,16)17;4-2-1-3-5/h2*3-4H,2H2,1H3,(H2,6,7,8)(H2,9,10,11)(H2,12,13,14)(H2,15,16,17);5H,1-4H2. The molecular formula is C11H39N3O25P8. The maximum atomic E-state index is 11.2. The number of aliphatic hydroxyl groups excluding tert-OH is 1. The van der Waals surface area contributed by atoms with Gasteiger partial charge in [-0.05, 0) is 26.1 Å². The average molecular weight is 861 g/mol. The van der Waals surface area contributed by atoms with Crippen LogP contribution in [0.1, 0.15) is 20.3 Å². The van der Waals surface area contributed by atoms with Crippen molar-refractivity contribution in [2.45, 2.75) is 42.4 Å². The highest BCUT2D eigenvalue weighted by Gasteiger charge is 2.59. The highest BCUT2D eigenvalue weighted by molar-refractivity contribution is 7.73. The first-order chi connectivity index (χ1) is 20.3. The van der Waals surface area contributed by atoms with Crippen LogP contribution in [0.3, 0.4) is 0 Å². The summed E-state index contributed by atoms with van der Waals surface area (Å²) >= 11 is 0. The van der Waals surface area contributed by atoms with Gasteiger partial charge in [0.1, 0.15) is 0 Å². The fourth-order valence-corrected chi connectivity index (χ4v) is 15.9. The van der Waals surface area contributed by atoms with Crippen LogP contribution in [0.4, 0.5) is 0 Å². The van der Waals surface area contributed by atoms with Crippen molar-refractivity contribution in [1.82, 2.24) is 9.80 Å². The molecule has 36 heteroatoms. The fraction of sp³-hybridized carbons (Fsp3) is 1.00. The minimum Gasteiger partial charge on any atom is -0.396 e. The van der Waals surface area contributed by atoms with E-state index in [1.54, 1.807) is 0 Å². The van der Waals surface area contributed by atoms with E-state index in [4.69, 9.17) is 89.1 Å². The normalized spacial score (nSPS) is 14.5. The SMILES string of the molecule is CCN(C(P(=O)(O)O)P(=O)(O)O)C(P(=O)(O)O)P(=O)(O)O.CCN(C(P(=O)(O)O)P(=O)(O)O)C(P(=O)(O)O)P(=O)(O)O.NCCCO. The van der Waals surface area contributed by atoms with Gasteiger partial charge < -0.3 is 89.1 Å². The van der Waals surface area contributed by atoms with Crippen molar-refractivity contribution in [3.63, 3.8) is 0 Å². The highest BCUT2D eigenvalue weighted by Crippen LogP contribution is 2.70. The molecule has 0 amide bonds. The summed E-state index contributed by atoms with van der Waals surface area (Å²) < 4.78 is 89.5. The molecule has 19 N–H and O–H groups in total. The van der Waals surface area contributed by atoms with Crippen molar-refractivity contribution < 1.29 is 120 Å². The first-order valence-electron chi connectivity index (χ1n) is 11.5. The zero-order valence-corrected chi connectivity index (χ0v) is 30.9. The summed E-state index contributed by atoms with van der Waals surface area (Å²) in [5.74, 6) is 0. The van der Waals surface area contributed by atoms with E-state index in [2.05, 4.69) is 0 Å². The molecule has 0 heterocycles. The molecule has 0 aliphatic rings. The lowest BCUT2D eigenvalue weighted by Crippen LogP contribution is -2.42. The lowest BCUT2D eigenvalue weighted by Gasteiger charge is -2.37. The van der Waals surface area contributed by atoms with Gasteiger partial charge >= 0.3 is 60.8 Å². The minimum atomic E-state index is -5.69. The Morgan fingerprint density at radius 3 is 0.617 bits per heavy atom. The second-order valence-corrected chi connectivity index (χ2v) is 23.6. The number of hydrogen-bond acceptors (Lipinski definition) is 12. The second kappa shape index (κ2) is 19.2. The van der Waals surface area contributed by atoms with Gasteiger partial charge in [-0.2, -0.15) is 0 Å². The van der Waals surface area contributed by atoms with Gasteiger partial charge in [0, 0.05) is 6.61 Å². The van der Waals surface area contributed by atoms with Crippen molar-refractivity contribution >= 4 is 60.8 Å². The first kappa shape index (κ1) is 52.4. The van der Waals surface area contributed by atoms with Crippen molar-refractivity contribution in [2.75, 3.05) is 26.2 Å². The molecule has 47 heavy (non-hydrogen) atoms. The predicted molar refractivity (Wildman–Crippen MR) is 157 cm³/mol. The highest BCUT2D eigenvalue weighted by atomic mass is 31.3. The van der Waals surface area contributed by atoms with Crippen molar-refractivity contribution in [1.29, 1.82) is 0 Å². The van der Waals surface area contributed by atoms with E-state index >= 15 is 0 Å². The Balaban J connectivity index is -0.000000719. The van der Waals surface area contributed by atoms with E-state index in [1.165, 1.54) is 0 Å². The average Bonchev–Trinajstić information content (AvgIpc) is 2.71. The van der Waals surface area contributed by atoms with Gasteiger partial charge in [0.2, 0.25) is 22.1 Å². The molecule has 0 bridgehead atoms. The Hall–Kier alpha value is 1.04. The number of hydrogen-bond donors (Lipinski definition) is 18. The zero-order valence-electron chi connectivity index (χ0n) is 23.8. The van der Waals surface area contributed by atoms with Crippen molar-refractivity contribution in [3.05, 3.63) is 0 Å². The molecule has 0 radical (unpaired) electrons. The summed E-state index contributed by atoms with van der Waals surface area (Å²) in [4.78, 5) is 143. The van der Waals surface area contributed by atoms with Crippen molar-refractivity contribution in [2.24, 2.45) is 5.73 Å². The van der Waals surface area contributed by atoms with Crippen LogP contribution < -0.4 is 5.73 Å². The van der Waals surface area contributed by atoms with Crippen LogP contribution in [0.5, 0.6) is 0 Å². The topological polar surface area (TPSA) is 513 Å². The molecule has 0 spiro atoms. The molecule has 0 unspecified atom stereocenters. The van der Waals surface area contributed by atoms with E-state index in [0.717, 1.165) is 20.3 Å². The number of nitrogens with two attached hydrogens (primary N) is 1. The number of nitrogens with zero attached hydrogens (tertiary/aromatic N) is 2. The zero-order chi connectivity index (χ0) is 39.0. The van der Waals surface area contributed by atoms with Gasteiger partial charge in [-0.25, -0.2) is 0 Å². The Bertz CT molecular complexity index is 1070. The van der Waals surface area contributed by atoms with Crippen LogP contribution in [0.25, 0.3) is 0 Å². The van der Waals surface area contributed by atoms with Crippen LogP contribution in [-0.2, 0) is 36.5 Å². The molecule has 0 aromatic rings. The molecule has 28 nitrogen and oxygen atoms in total. The molecule has 0 rings (SSSR count). The van der Waals surface area contributed by atoms with Crippen molar-refractivity contribution in [3.8, 4) is 0 Å². The van der Waals surface area contributed by atoms with Gasteiger partial charge in [0.25, 0.3) is 0 Å². The summed E-state index contributed by atoms with van der Waals surface area (Å²) in [5.41, 5.74) is -7.41. The lowest BCUT2D eigenvalue weighted by atomic mass is 10.5. The molecule has 0 aliphatic carbocycles. The molecular weight excluding hydrogens is 822 g/mol. The molecule has 0 fully saturated rings. The summed E-state index contributed by atoms with van der Waals surface area (Å²) in [6, 6.07) is 0. The van der Waals surface area contributed by atoms with Crippen LogP contribution in [0, 0.1) is 0 Å². The van der Waals surface area contributed by atoms with Gasteiger partial charge in [0.15, 0.2) is 0 Å². The summed E-state index contributed by atoms with van der Waals surface area (Å²) in [6.45, 7) is 1.00. The summed E-state index contributed by atoms with van der Waals surface area (Å²) in [6.07, 6.45) is 0.722. The molecule has 0 aromatic carbocycles. The Labute approximate surface area is 264 Å². The molecule has 288 valence electrons. The predicted octanol–water partition coefficient (Wildman–Crippen LogP) is -3.50. The monoisotopic (exact) mass is 861 g/mol. The molecule has 0 saturated carbocycles. The molecule has 0 aromatic heterocycles. The van der Waals surface area contributed by atoms with E-state index < -0.39 is 96.0 Å². The number of rotatable bonds is 16. The minimum absolute atomic E-state index is 0.219. The van der Waals surface area contributed by atoms with Crippen LogP contribution in [0.15, 0.2) is 0 Å². The van der Waals surface area contributed by atoms with Crippen LogP contribution >= 0.6 is 60.8 Å². The maximum Gasteiger partial charge on any atom is 0.355 e. The lowest BCUT2D eigenvalue weighted by molar-refractivity contribution is 0.203. The quantitative estimate of drug-likeness (QED) is 0.0669. The fourth-order valence-electron chi connectivity index (χ4n) is 3.31. The third kappa shape index (κ3) is 18.9. The summed E-state index contributed by atoms with van der Waals surface area (Å²) in [7, 11) is -45.5.